The Labute approximate surface area is 48.6 Å². The first-order valence-corrected chi connectivity index (χ1v) is 1.94. The second-order valence-corrected chi connectivity index (χ2v) is 1.24. The van der Waals surface area contributed by atoms with Crippen molar-refractivity contribution in [3.05, 3.63) is 21.5 Å². The SMILES string of the molecule is O=[N+]([O-])c1cn([O-])nn1. The molecule has 48 valence electrons. The van der Waals surface area contributed by atoms with Crippen molar-refractivity contribution in [3.63, 3.8) is 0 Å². The Morgan fingerprint density at radius 1 is 1.78 bits per heavy atom. The maximum atomic E-state index is 10.0. The van der Waals surface area contributed by atoms with Crippen molar-refractivity contribution in [3.8, 4) is 0 Å². The second-order valence-electron chi connectivity index (χ2n) is 1.24. The van der Waals surface area contributed by atoms with Gasteiger partial charge in [0.25, 0.3) is 0 Å². The van der Waals surface area contributed by atoms with Gasteiger partial charge in [-0.05, 0) is 4.92 Å². The quantitative estimate of drug-likeness (QED) is 0.377. The van der Waals surface area contributed by atoms with Crippen molar-refractivity contribution < 1.29 is 4.92 Å². The highest BCUT2D eigenvalue weighted by Gasteiger charge is 2.06. The lowest BCUT2D eigenvalue weighted by molar-refractivity contribution is -0.389. The summed E-state index contributed by atoms with van der Waals surface area (Å²) in [5.74, 6) is -0.537. The fraction of sp³-hybridized carbons (Fsp3) is 0. The molecule has 0 saturated carbocycles. The zero-order valence-electron chi connectivity index (χ0n) is 4.09. The molecular weight excluding hydrogens is 128 g/mol. The fourth-order valence-electron chi connectivity index (χ4n) is 0.324. The highest BCUT2D eigenvalue weighted by Crippen LogP contribution is 2.00. The number of rotatable bonds is 1. The van der Waals surface area contributed by atoms with Crippen LogP contribution in [-0.2, 0) is 0 Å². The Hall–Kier alpha value is -1.66. The molecule has 0 spiro atoms. The first-order valence-electron chi connectivity index (χ1n) is 1.94. The summed E-state index contributed by atoms with van der Waals surface area (Å²) in [6.07, 6.45) is 0.681. The maximum absolute atomic E-state index is 10.0. The van der Waals surface area contributed by atoms with E-state index in [0.717, 1.165) is 0 Å². The smallest absolute Gasteiger partial charge is 0.410 e. The molecule has 7 nitrogen and oxygen atoms in total. The number of aromatic nitrogens is 3. The van der Waals surface area contributed by atoms with Crippen molar-refractivity contribution in [2.45, 2.75) is 0 Å². The van der Waals surface area contributed by atoms with E-state index in [1.807, 2.05) is 0 Å². The summed E-state index contributed by atoms with van der Waals surface area (Å²) >= 11 is 0. The zero-order valence-corrected chi connectivity index (χ0v) is 4.09. The van der Waals surface area contributed by atoms with Crippen LogP contribution in [0, 0.1) is 15.3 Å². The van der Waals surface area contributed by atoms with E-state index in [2.05, 4.69) is 10.3 Å². The summed E-state index contributed by atoms with van der Waals surface area (Å²) in [6, 6.07) is 0. The molecule has 0 aliphatic rings. The summed E-state index contributed by atoms with van der Waals surface area (Å²) in [6.45, 7) is 0. The Balaban J connectivity index is 2.98. The molecule has 0 amide bonds. The van der Waals surface area contributed by atoms with E-state index < -0.39 is 10.7 Å². The molecule has 0 radical (unpaired) electrons. The van der Waals surface area contributed by atoms with Gasteiger partial charge in [-0.3, -0.25) is 4.85 Å². The summed E-state index contributed by atoms with van der Waals surface area (Å²) in [7, 11) is 0. The van der Waals surface area contributed by atoms with Gasteiger partial charge in [-0.25, -0.2) is 0 Å². The third-order valence-corrected chi connectivity index (χ3v) is 0.648. The van der Waals surface area contributed by atoms with Crippen molar-refractivity contribution in [1.82, 2.24) is 15.2 Å². The van der Waals surface area contributed by atoms with E-state index in [9.17, 15) is 15.3 Å². The molecule has 0 aliphatic carbocycles. The first kappa shape index (κ1) is 5.48. The average Bonchev–Trinajstić information content (AvgIpc) is 2.14. The van der Waals surface area contributed by atoms with E-state index >= 15 is 0 Å². The van der Waals surface area contributed by atoms with Crippen LogP contribution in [0.25, 0.3) is 0 Å². The molecule has 0 bridgehead atoms. The zero-order chi connectivity index (χ0) is 6.85. The van der Waals surface area contributed by atoms with Gasteiger partial charge in [-0.2, -0.15) is 0 Å². The van der Waals surface area contributed by atoms with Crippen LogP contribution in [-0.4, -0.2) is 20.1 Å². The van der Waals surface area contributed by atoms with Gasteiger partial charge in [0, 0.05) is 5.21 Å². The van der Waals surface area contributed by atoms with Crippen LogP contribution in [0.4, 0.5) is 5.82 Å². The van der Waals surface area contributed by atoms with Gasteiger partial charge in [-0.15, -0.1) is 0 Å². The minimum Gasteiger partial charge on any atom is -0.788 e. The summed E-state index contributed by atoms with van der Waals surface area (Å²) < 4.78 is 0. The van der Waals surface area contributed by atoms with Gasteiger partial charge in [0.15, 0.2) is 0 Å². The normalized spacial score (nSPS) is 9.33. The molecule has 0 unspecified atom stereocenters. The highest BCUT2D eigenvalue weighted by atomic mass is 16.6. The molecule has 0 fully saturated rings. The summed E-state index contributed by atoms with van der Waals surface area (Å²) in [4.78, 5) is 9.00. The number of nitro groups is 1. The van der Waals surface area contributed by atoms with Crippen molar-refractivity contribution in [2.75, 3.05) is 0 Å². The van der Waals surface area contributed by atoms with E-state index in [0.29, 0.717) is 6.20 Å². The lowest BCUT2D eigenvalue weighted by Gasteiger charge is -1.92. The van der Waals surface area contributed by atoms with Gasteiger partial charge < -0.3 is 15.3 Å². The van der Waals surface area contributed by atoms with Gasteiger partial charge >= 0.3 is 5.82 Å². The highest BCUT2D eigenvalue weighted by molar-refractivity contribution is 5.08. The van der Waals surface area contributed by atoms with Gasteiger partial charge in [0.2, 0.25) is 0 Å². The van der Waals surface area contributed by atoms with Crippen molar-refractivity contribution in [1.29, 1.82) is 0 Å². The van der Waals surface area contributed by atoms with E-state index in [4.69, 9.17) is 0 Å². The summed E-state index contributed by atoms with van der Waals surface area (Å²) in [5, 5.41) is 25.5. The molecule has 0 aliphatic heterocycles. The molecule has 9 heavy (non-hydrogen) atoms. The Kier molecular flexibility index (Phi) is 1.03. The minimum absolute atomic E-state index is 0.0259. The van der Waals surface area contributed by atoms with Crippen molar-refractivity contribution in [2.24, 2.45) is 0 Å². The summed E-state index contributed by atoms with van der Waals surface area (Å²) in [5.41, 5.74) is 0. The standard InChI is InChI=1S/C2HN4O3/c7-5-1-2(3-4-5)6(8)9/h1H/q-1. The molecule has 1 rings (SSSR count). The predicted molar refractivity (Wildman–Crippen MR) is 25.4 cm³/mol. The van der Waals surface area contributed by atoms with E-state index in [1.165, 1.54) is 0 Å². The maximum Gasteiger partial charge on any atom is 0.410 e. The van der Waals surface area contributed by atoms with E-state index in [1.54, 1.807) is 0 Å². The van der Waals surface area contributed by atoms with Crippen LogP contribution in [0.1, 0.15) is 0 Å². The largest absolute Gasteiger partial charge is 0.788 e. The molecule has 1 heterocycles. The van der Waals surface area contributed by atoms with Crippen LogP contribution in [0.2, 0.25) is 0 Å². The van der Waals surface area contributed by atoms with Crippen LogP contribution in [0.3, 0.4) is 0 Å². The third-order valence-electron chi connectivity index (χ3n) is 0.648. The lowest BCUT2D eigenvalue weighted by atomic mass is 10.8. The second kappa shape index (κ2) is 1.69. The molecule has 0 saturated heterocycles. The van der Waals surface area contributed by atoms with Gasteiger partial charge in [0.1, 0.15) is 11.3 Å². The molecule has 7 heteroatoms. The van der Waals surface area contributed by atoms with Gasteiger partial charge in [0.05, 0.1) is 0 Å². The Bertz CT molecular complexity index is 229. The van der Waals surface area contributed by atoms with Crippen LogP contribution in [0.15, 0.2) is 6.20 Å². The molecule has 1 aromatic rings. The van der Waals surface area contributed by atoms with E-state index in [-0.39, 0.29) is 4.85 Å². The van der Waals surface area contributed by atoms with Crippen molar-refractivity contribution >= 4 is 5.82 Å². The fourth-order valence-corrected chi connectivity index (χ4v) is 0.324. The van der Waals surface area contributed by atoms with Crippen LogP contribution in [0.5, 0.6) is 0 Å². The van der Waals surface area contributed by atoms with Crippen LogP contribution < -0.4 is 0 Å². The minimum atomic E-state index is -0.790. The average molecular weight is 129 g/mol. The number of hydrogen-bond acceptors (Lipinski definition) is 5. The monoisotopic (exact) mass is 129 g/mol. The third kappa shape index (κ3) is 0.929. The number of nitrogens with zero attached hydrogens (tertiary/aromatic N) is 4. The Morgan fingerprint density at radius 3 is 2.67 bits per heavy atom. The number of hydrogen-bond donors (Lipinski definition) is 0. The molecular formula is C2HN4O3-. The topological polar surface area (TPSA) is 96.9 Å². The molecule has 0 N–H and O–H groups in total. The molecule has 0 aromatic carbocycles. The predicted octanol–water partition coefficient (Wildman–Crippen LogP) is -0.468. The van der Waals surface area contributed by atoms with Crippen LogP contribution >= 0.6 is 0 Å². The Morgan fingerprint density at radius 2 is 2.44 bits per heavy atom. The molecule has 1 aromatic heterocycles. The first-order chi connectivity index (χ1) is 4.20. The lowest BCUT2D eigenvalue weighted by Crippen LogP contribution is -1.86. The molecule has 0 atom stereocenters. The van der Waals surface area contributed by atoms with Gasteiger partial charge in [-0.1, -0.05) is 0 Å².